The third-order valence-corrected chi connectivity index (χ3v) is 9.71. The number of sulfonamides is 1. The molecule has 8 heteroatoms. The van der Waals surface area contributed by atoms with Crippen LogP contribution in [0.3, 0.4) is 0 Å². The van der Waals surface area contributed by atoms with Crippen molar-refractivity contribution in [2.75, 3.05) is 25.5 Å². The van der Waals surface area contributed by atoms with Crippen LogP contribution in [0.25, 0.3) is 0 Å². The lowest BCUT2D eigenvalue weighted by atomic mass is 9.68. The van der Waals surface area contributed by atoms with Crippen LogP contribution in [0.1, 0.15) is 56.8 Å². The predicted molar refractivity (Wildman–Crippen MR) is 116 cm³/mol. The SMILES string of the molecule is CNc1ccc(C(=O)NC2C(C)(C)[C@@H]3CC[C@]2(C)C3)cc1S(=O)(=O)N1CC[C@H](O)C1. The number of aliphatic hydroxyl groups excluding tert-OH is 1. The number of β-amino-alcohol motifs (C(OH)–C–C–N with tert-alkyl or cyclic N) is 1. The molecule has 2 saturated carbocycles. The molecule has 7 nitrogen and oxygen atoms in total. The van der Waals surface area contributed by atoms with E-state index in [9.17, 15) is 18.3 Å². The van der Waals surface area contributed by atoms with E-state index in [0.29, 0.717) is 23.6 Å². The highest BCUT2D eigenvalue weighted by atomic mass is 32.2. The highest BCUT2D eigenvalue weighted by Gasteiger charge is 2.59. The van der Waals surface area contributed by atoms with E-state index >= 15 is 0 Å². The molecule has 1 unspecified atom stereocenters. The fourth-order valence-electron chi connectivity index (χ4n) is 6.03. The van der Waals surface area contributed by atoms with Crippen LogP contribution in [-0.4, -0.2) is 56.0 Å². The minimum Gasteiger partial charge on any atom is -0.392 e. The molecule has 1 aliphatic heterocycles. The van der Waals surface area contributed by atoms with Gasteiger partial charge in [0.1, 0.15) is 4.90 Å². The van der Waals surface area contributed by atoms with Crippen molar-refractivity contribution in [3.63, 3.8) is 0 Å². The number of aliphatic hydroxyl groups is 1. The monoisotopic (exact) mass is 435 g/mol. The number of hydrogen-bond donors (Lipinski definition) is 3. The van der Waals surface area contributed by atoms with E-state index in [1.165, 1.54) is 16.8 Å². The van der Waals surface area contributed by atoms with Gasteiger partial charge in [-0.2, -0.15) is 4.31 Å². The van der Waals surface area contributed by atoms with Gasteiger partial charge in [0.15, 0.2) is 0 Å². The summed E-state index contributed by atoms with van der Waals surface area (Å²) in [6, 6.07) is 4.83. The first-order valence-electron chi connectivity index (χ1n) is 10.8. The Labute approximate surface area is 179 Å². The van der Waals surface area contributed by atoms with Crippen LogP contribution in [0, 0.1) is 16.7 Å². The molecule has 166 valence electrons. The third-order valence-electron chi connectivity index (χ3n) is 7.80. The van der Waals surface area contributed by atoms with Crippen molar-refractivity contribution in [1.82, 2.24) is 9.62 Å². The normalized spacial score (nSPS) is 33.0. The number of carbonyl (C=O) groups is 1. The van der Waals surface area contributed by atoms with Crippen LogP contribution >= 0.6 is 0 Å². The van der Waals surface area contributed by atoms with Crippen molar-refractivity contribution in [2.45, 2.75) is 63.5 Å². The Morgan fingerprint density at radius 1 is 1.23 bits per heavy atom. The van der Waals surface area contributed by atoms with E-state index in [1.54, 1.807) is 19.2 Å². The van der Waals surface area contributed by atoms with E-state index in [-0.39, 0.29) is 40.8 Å². The molecule has 3 N–H and O–H groups in total. The lowest BCUT2D eigenvalue weighted by Crippen LogP contribution is -2.52. The molecule has 3 aliphatic rings. The number of anilines is 1. The Balaban J connectivity index is 1.63. The van der Waals surface area contributed by atoms with Crippen molar-refractivity contribution in [2.24, 2.45) is 16.7 Å². The van der Waals surface area contributed by atoms with Crippen LogP contribution < -0.4 is 10.6 Å². The second-order valence-electron chi connectivity index (χ2n) is 10.1. The van der Waals surface area contributed by atoms with E-state index in [2.05, 4.69) is 31.4 Å². The first kappa shape index (κ1) is 21.6. The standard InChI is InChI=1S/C22H33N3O4S/c1-21(2)15-7-9-22(3,12-15)20(21)24-19(27)14-5-6-17(23-4)18(11-14)30(28,29)25-10-8-16(26)13-25/h5-6,11,15-16,20,23,26H,7-10,12-13H2,1-4H3,(H,24,27)/t15-,16+,20?,22-/m1/s1. The number of benzene rings is 1. The summed E-state index contributed by atoms with van der Waals surface area (Å²) in [4.78, 5) is 13.3. The van der Waals surface area contributed by atoms with Crippen molar-refractivity contribution >= 4 is 21.6 Å². The van der Waals surface area contributed by atoms with E-state index in [4.69, 9.17) is 0 Å². The van der Waals surface area contributed by atoms with Gasteiger partial charge in [0.25, 0.3) is 5.91 Å². The lowest BCUT2D eigenvalue weighted by Gasteiger charge is -2.43. The maximum absolute atomic E-state index is 13.2. The number of hydrogen-bond acceptors (Lipinski definition) is 5. The zero-order valence-electron chi connectivity index (χ0n) is 18.2. The van der Waals surface area contributed by atoms with Crippen molar-refractivity contribution in [3.8, 4) is 0 Å². The molecule has 4 rings (SSSR count). The summed E-state index contributed by atoms with van der Waals surface area (Å²) in [5, 5.41) is 15.9. The van der Waals surface area contributed by atoms with Crippen LogP contribution in [0.2, 0.25) is 0 Å². The molecular formula is C22H33N3O4S. The molecule has 0 radical (unpaired) electrons. The topological polar surface area (TPSA) is 98.7 Å². The zero-order chi connectivity index (χ0) is 21.9. The predicted octanol–water partition coefficient (Wildman–Crippen LogP) is 2.43. The second kappa shape index (κ2) is 7.21. The van der Waals surface area contributed by atoms with Crippen LogP contribution in [0.4, 0.5) is 5.69 Å². The maximum atomic E-state index is 13.2. The Hall–Kier alpha value is -1.64. The average molecular weight is 436 g/mol. The number of fused-ring (bicyclic) bond motifs is 2. The molecule has 1 amide bonds. The van der Waals surface area contributed by atoms with Crippen molar-refractivity contribution in [1.29, 1.82) is 0 Å². The van der Waals surface area contributed by atoms with Gasteiger partial charge < -0.3 is 15.7 Å². The summed E-state index contributed by atoms with van der Waals surface area (Å²) in [5.41, 5.74) is 0.901. The maximum Gasteiger partial charge on any atom is 0.251 e. The van der Waals surface area contributed by atoms with Crippen molar-refractivity contribution in [3.05, 3.63) is 23.8 Å². The second-order valence-corrected chi connectivity index (χ2v) is 12.0. The van der Waals surface area contributed by atoms with Gasteiger partial charge in [-0.05, 0) is 60.6 Å². The Bertz CT molecular complexity index is 956. The third kappa shape index (κ3) is 3.33. The number of nitrogens with zero attached hydrogens (tertiary/aromatic N) is 1. The Morgan fingerprint density at radius 2 is 1.97 bits per heavy atom. The molecule has 2 bridgehead atoms. The van der Waals surface area contributed by atoms with Crippen LogP contribution in [0.15, 0.2) is 23.1 Å². The number of rotatable bonds is 5. The van der Waals surface area contributed by atoms with Gasteiger partial charge in [0.2, 0.25) is 10.0 Å². The zero-order valence-corrected chi connectivity index (χ0v) is 19.1. The molecule has 0 aromatic heterocycles. The first-order chi connectivity index (χ1) is 14.0. The average Bonchev–Trinajstić information content (AvgIpc) is 3.36. The van der Waals surface area contributed by atoms with Crippen molar-refractivity contribution < 1.29 is 18.3 Å². The molecule has 30 heavy (non-hydrogen) atoms. The highest BCUT2D eigenvalue weighted by Crippen LogP contribution is 2.62. The van der Waals surface area contributed by atoms with Gasteiger partial charge in [-0.15, -0.1) is 0 Å². The van der Waals surface area contributed by atoms with E-state index in [1.807, 2.05) is 0 Å². The van der Waals surface area contributed by atoms with Gasteiger partial charge in [0, 0.05) is 31.7 Å². The largest absolute Gasteiger partial charge is 0.392 e. The number of carbonyl (C=O) groups excluding carboxylic acids is 1. The summed E-state index contributed by atoms with van der Waals surface area (Å²) in [6.07, 6.45) is 3.22. The number of amides is 1. The van der Waals surface area contributed by atoms with Gasteiger partial charge in [0.05, 0.1) is 11.8 Å². The molecule has 3 fully saturated rings. The molecule has 4 atom stereocenters. The smallest absolute Gasteiger partial charge is 0.251 e. The molecule has 1 heterocycles. The molecule has 1 saturated heterocycles. The highest BCUT2D eigenvalue weighted by molar-refractivity contribution is 7.89. The molecular weight excluding hydrogens is 402 g/mol. The minimum atomic E-state index is -3.81. The summed E-state index contributed by atoms with van der Waals surface area (Å²) >= 11 is 0. The Kier molecular flexibility index (Phi) is 5.19. The molecule has 1 aromatic rings. The van der Waals surface area contributed by atoms with Gasteiger partial charge in [-0.25, -0.2) is 8.42 Å². The van der Waals surface area contributed by atoms with E-state index < -0.39 is 16.1 Å². The molecule has 0 spiro atoms. The lowest BCUT2D eigenvalue weighted by molar-refractivity contribution is 0.0737. The first-order valence-corrected chi connectivity index (χ1v) is 12.2. The van der Waals surface area contributed by atoms with Gasteiger partial charge >= 0.3 is 0 Å². The van der Waals surface area contributed by atoms with Crippen LogP contribution in [0.5, 0.6) is 0 Å². The van der Waals surface area contributed by atoms with Gasteiger partial charge in [-0.3, -0.25) is 4.79 Å². The van der Waals surface area contributed by atoms with E-state index in [0.717, 1.165) is 12.8 Å². The fraction of sp³-hybridized carbons (Fsp3) is 0.682. The summed E-state index contributed by atoms with van der Waals surface area (Å²) in [5.74, 6) is 0.374. The summed E-state index contributed by atoms with van der Waals surface area (Å²) < 4.78 is 27.6. The Morgan fingerprint density at radius 3 is 2.53 bits per heavy atom. The van der Waals surface area contributed by atoms with Crippen LogP contribution in [-0.2, 0) is 10.0 Å². The summed E-state index contributed by atoms with van der Waals surface area (Å²) in [7, 11) is -2.15. The van der Waals surface area contributed by atoms with Gasteiger partial charge in [-0.1, -0.05) is 20.8 Å². The minimum absolute atomic E-state index is 0.0220. The fourth-order valence-corrected chi connectivity index (χ4v) is 7.74. The number of nitrogens with one attached hydrogen (secondary N) is 2. The molecule has 1 aromatic carbocycles. The quantitative estimate of drug-likeness (QED) is 0.660. The summed E-state index contributed by atoms with van der Waals surface area (Å²) in [6.45, 7) is 7.07. The molecule has 2 aliphatic carbocycles.